The first-order valence-electron chi connectivity index (χ1n) is 8.39. The van der Waals surface area contributed by atoms with E-state index in [9.17, 15) is 14.0 Å². The van der Waals surface area contributed by atoms with E-state index in [2.05, 4.69) is 15.3 Å². The topological polar surface area (TPSA) is 75.2 Å². The van der Waals surface area contributed by atoms with Gasteiger partial charge < -0.3 is 5.32 Å². The number of anilines is 2. The second-order valence-corrected chi connectivity index (χ2v) is 6.20. The predicted octanol–water partition coefficient (Wildman–Crippen LogP) is 3.05. The van der Waals surface area contributed by atoms with Crippen LogP contribution in [0.15, 0.2) is 18.3 Å². The van der Waals surface area contributed by atoms with Crippen molar-refractivity contribution in [3.63, 3.8) is 0 Å². The third kappa shape index (κ3) is 4.11. The number of nitrogens with zero attached hydrogens (tertiary/aromatic N) is 3. The van der Waals surface area contributed by atoms with Crippen molar-refractivity contribution in [2.75, 3.05) is 19.0 Å². The number of aromatic nitrogens is 2. The maximum Gasteiger partial charge on any atom is 0.219 e. The third-order valence-corrected chi connectivity index (χ3v) is 3.98. The van der Waals surface area contributed by atoms with Crippen molar-refractivity contribution >= 4 is 24.2 Å². The Morgan fingerprint density at radius 2 is 1.92 bits per heavy atom. The number of carbonyl (C=O) groups excluding carboxylic acids is 2. The highest BCUT2D eigenvalue weighted by Gasteiger charge is 2.31. The Kier molecular flexibility index (Phi) is 6.52. The van der Waals surface area contributed by atoms with Crippen molar-refractivity contribution < 1.29 is 14.0 Å². The van der Waals surface area contributed by atoms with Crippen LogP contribution in [0.2, 0.25) is 0 Å². The van der Waals surface area contributed by atoms with Gasteiger partial charge in [0.05, 0.1) is 22.6 Å². The molecule has 0 radical (unpaired) electrons. The molecule has 0 saturated heterocycles. The first-order chi connectivity index (χ1) is 12.5. The first-order valence-corrected chi connectivity index (χ1v) is 8.39. The van der Waals surface area contributed by atoms with Gasteiger partial charge in [-0.1, -0.05) is 0 Å². The minimum atomic E-state index is -0.577. The van der Waals surface area contributed by atoms with Crippen LogP contribution in [0.5, 0.6) is 0 Å². The summed E-state index contributed by atoms with van der Waals surface area (Å²) in [5.74, 6) is -0.132. The second-order valence-electron chi connectivity index (χ2n) is 6.20. The van der Waals surface area contributed by atoms with Crippen molar-refractivity contribution in [3.8, 4) is 0 Å². The standard InChI is InChI=1S/C17H16FN3O2.C2H7N/c1-10-5-6-19-15(12-3-4-12)16(10)21(9-23)17-13(8-22)7-14(18)11(2)20-17;1-3-2/h5-9,12H,3-4H2,1-2H3;3H,1-2H3. The van der Waals surface area contributed by atoms with Gasteiger partial charge in [0.15, 0.2) is 12.1 Å². The number of nitrogens with one attached hydrogen (secondary N) is 1. The lowest BCUT2D eigenvalue weighted by Gasteiger charge is -2.23. The largest absolute Gasteiger partial charge is 0.323 e. The van der Waals surface area contributed by atoms with Gasteiger partial charge in [-0.2, -0.15) is 0 Å². The molecule has 0 spiro atoms. The van der Waals surface area contributed by atoms with Gasteiger partial charge in [-0.05, 0) is 58.5 Å². The lowest BCUT2D eigenvalue weighted by molar-refractivity contribution is -0.106. The average molecular weight is 358 g/mol. The maximum atomic E-state index is 13.7. The fourth-order valence-corrected chi connectivity index (χ4v) is 2.61. The summed E-state index contributed by atoms with van der Waals surface area (Å²) >= 11 is 0. The molecule has 3 rings (SSSR count). The number of aldehydes is 1. The summed E-state index contributed by atoms with van der Waals surface area (Å²) in [5.41, 5.74) is 2.47. The van der Waals surface area contributed by atoms with Crippen LogP contribution in [-0.2, 0) is 4.79 Å². The molecule has 26 heavy (non-hydrogen) atoms. The van der Waals surface area contributed by atoms with Crippen LogP contribution in [0.25, 0.3) is 0 Å². The number of carbonyl (C=O) groups is 2. The molecule has 0 aromatic carbocycles. The number of amides is 1. The molecule has 1 saturated carbocycles. The summed E-state index contributed by atoms with van der Waals surface area (Å²) < 4.78 is 13.7. The van der Waals surface area contributed by atoms with Gasteiger partial charge in [0.25, 0.3) is 0 Å². The smallest absolute Gasteiger partial charge is 0.219 e. The van der Waals surface area contributed by atoms with Crippen LogP contribution < -0.4 is 10.2 Å². The van der Waals surface area contributed by atoms with E-state index in [1.807, 2.05) is 21.0 Å². The Hall–Kier alpha value is -2.67. The molecule has 2 aromatic heterocycles. The van der Waals surface area contributed by atoms with E-state index >= 15 is 0 Å². The Bertz CT molecular complexity index is 806. The van der Waals surface area contributed by atoms with E-state index in [1.165, 1.54) is 11.8 Å². The molecular weight excluding hydrogens is 335 g/mol. The zero-order chi connectivity index (χ0) is 19.3. The molecule has 0 bridgehead atoms. The minimum absolute atomic E-state index is 0.0326. The average Bonchev–Trinajstić information content (AvgIpc) is 3.45. The highest BCUT2D eigenvalue weighted by molar-refractivity contribution is 5.94. The summed E-state index contributed by atoms with van der Waals surface area (Å²) in [6, 6.07) is 2.90. The first kappa shape index (κ1) is 19.7. The van der Waals surface area contributed by atoms with E-state index in [0.717, 1.165) is 30.2 Å². The lowest BCUT2D eigenvalue weighted by atomic mass is 10.1. The van der Waals surface area contributed by atoms with E-state index in [1.54, 1.807) is 12.3 Å². The fourth-order valence-electron chi connectivity index (χ4n) is 2.61. The van der Waals surface area contributed by atoms with Gasteiger partial charge >= 0.3 is 0 Å². The van der Waals surface area contributed by atoms with Crippen molar-refractivity contribution in [2.24, 2.45) is 0 Å². The number of pyridine rings is 2. The normalized spacial score (nSPS) is 12.8. The second kappa shape index (κ2) is 8.62. The highest BCUT2D eigenvalue weighted by Crippen LogP contribution is 2.45. The molecule has 6 nitrogen and oxygen atoms in total. The molecular formula is C19H23FN4O2. The number of hydrogen-bond acceptors (Lipinski definition) is 5. The SMILES string of the molecule is CNC.Cc1ccnc(C2CC2)c1N(C=O)c1nc(C)c(F)cc1C=O. The van der Waals surface area contributed by atoms with Crippen molar-refractivity contribution in [1.82, 2.24) is 15.3 Å². The van der Waals surface area contributed by atoms with Gasteiger partial charge in [-0.15, -0.1) is 0 Å². The Balaban J connectivity index is 0.000000758. The molecule has 138 valence electrons. The molecule has 2 aromatic rings. The minimum Gasteiger partial charge on any atom is -0.323 e. The molecule has 7 heteroatoms. The molecule has 1 aliphatic rings. The van der Waals surface area contributed by atoms with Crippen LogP contribution in [0.3, 0.4) is 0 Å². The summed E-state index contributed by atoms with van der Waals surface area (Å²) in [7, 11) is 3.75. The van der Waals surface area contributed by atoms with Crippen molar-refractivity contribution in [1.29, 1.82) is 0 Å². The Morgan fingerprint density at radius 1 is 1.27 bits per heavy atom. The van der Waals surface area contributed by atoms with Crippen LogP contribution in [0.4, 0.5) is 15.9 Å². The van der Waals surface area contributed by atoms with Crippen LogP contribution in [0, 0.1) is 19.7 Å². The molecule has 1 fully saturated rings. The van der Waals surface area contributed by atoms with Gasteiger partial charge in [-0.3, -0.25) is 19.5 Å². The molecule has 2 heterocycles. The molecule has 0 aliphatic heterocycles. The Labute approximate surface area is 152 Å². The van der Waals surface area contributed by atoms with Gasteiger partial charge in [-0.25, -0.2) is 9.37 Å². The number of rotatable bonds is 5. The van der Waals surface area contributed by atoms with Gasteiger partial charge in [0.1, 0.15) is 5.82 Å². The van der Waals surface area contributed by atoms with E-state index in [4.69, 9.17) is 0 Å². The summed E-state index contributed by atoms with van der Waals surface area (Å²) in [6.45, 7) is 3.37. The highest BCUT2D eigenvalue weighted by atomic mass is 19.1. The zero-order valence-electron chi connectivity index (χ0n) is 15.4. The third-order valence-electron chi connectivity index (χ3n) is 3.98. The van der Waals surface area contributed by atoms with E-state index in [0.29, 0.717) is 24.3 Å². The zero-order valence-corrected chi connectivity index (χ0v) is 15.4. The summed E-state index contributed by atoms with van der Waals surface area (Å²) in [5, 5.41) is 2.75. The molecule has 0 atom stereocenters. The quantitative estimate of drug-likeness (QED) is 0.832. The summed E-state index contributed by atoms with van der Waals surface area (Å²) in [6.07, 6.45) is 4.85. The molecule has 1 N–H and O–H groups in total. The fraction of sp³-hybridized carbons (Fsp3) is 0.368. The number of aryl methyl sites for hydroxylation is 2. The summed E-state index contributed by atoms with van der Waals surface area (Å²) in [4.78, 5) is 32.9. The molecule has 0 unspecified atom stereocenters. The van der Waals surface area contributed by atoms with Gasteiger partial charge in [0.2, 0.25) is 6.41 Å². The van der Waals surface area contributed by atoms with Crippen LogP contribution >= 0.6 is 0 Å². The van der Waals surface area contributed by atoms with Crippen molar-refractivity contribution in [3.05, 3.63) is 46.7 Å². The number of halogens is 1. The van der Waals surface area contributed by atoms with Crippen LogP contribution in [-0.4, -0.2) is 36.8 Å². The predicted molar refractivity (Wildman–Crippen MR) is 98.5 cm³/mol. The maximum absolute atomic E-state index is 13.7. The van der Waals surface area contributed by atoms with E-state index < -0.39 is 5.82 Å². The van der Waals surface area contributed by atoms with Crippen molar-refractivity contribution in [2.45, 2.75) is 32.6 Å². The number of hydrogen-bond donors (Lipinski definition) is 1. The molecule has 1 amide bonds. The monoisotopic (exact) mass is 358 g/mol. The van der Waals surface area contributed by atoms with Crippen LogP contribution in [0.1, 0.15) is 46.1 Å². The lowest BCUT2D eigenvalue weighted by Crippen LogP contribution is -2.21. The van der Waals surface area contributed by atoms with Gasteiger partial charge in [0, 0.05) is 12.1 Å². The van der Waals surface area contributed by atoms with E-state index in [-0.39, 0.29) is 17.1 Å². The Morgan fingerprint density at radius 3 is 2.46 bits per heavy atom. The molecule has 1 aliphatic carbocycles.